The monoisotopic (exact) mass is 398 g/mol. The van der Waals surface area contributed by atoms with Crippen LogP contribution in [0.25, 0.3) is 0 Å². The van der Waals surface area contributed by atoms with Gasteiger partial charge in [0.1, 0.15) is 0 Å². The second-order valence-corrected chi connectivity index (χ2v) is 6.70. The van der Waals surface area contributed by atoms with Crippen LogP contribution >= 0.6 is 0 Å². The zero-order chi connectivity index (χ0) is 21.6. The summed E-state index contributed by atoms with van der Waals surface area (Å²) in [5.41, 5.74) is 13.1. The Labute approximate surface area is 171 Å². The molecule has 0 aromatic carbocycles. The Balaban J connectivity index is 0. The number of rotatable bonds is 14. The zero-order valence-electron chi connectivity index (χ0n) is 18.4. The molecule has 0 aromatic rings. The van der Waals surface area contributed by atoms with E-state index in [-0.39, 0.29) is 24.8 Å². The van der Waals surface area contributed by atoms with Gasteiger partial charge in [-0.15, -0.1) is 0 Å². The van der Waals surface area contributed by atoms with Crippen molar-refractivity contribution in [2.45, 2.75) is 79.1 Å². The molecule has 164 valence electrons. The lowest BCUT2D eigenvalue weighted by Crippen LogP contribution is -2.12. The second kappa shape index (κ2) is 21.6. The van der Waals surface area contributed by atoms with Crippen LogP contribution in [-0.4, -0.2) is 38.2 Å². The summed E-state index contributed by atoms with van der Waals surface area (Å²) in [5.74, 6) is -0.546. The van der Waals surface area contributed by atoms with E-state index in [1.165, 1.54) is 25.7 Å². The van der Waals surface area contributed by atoms with Crippen LogP contribution < -0.4 is 11.5 Å². The fraction of sp³-hybridized carbons (Fsp3) is 0.727. The predicted molar refractivity (Wildman–Crippen MR) is 116 cm³/mol. The summed E-state index contributed by atoms with van der Waals surface area (Å²) in [4.78, 5) is 22.0. The van der Waals surface area contributed by atoms with Gasteiger partial charge >= 0.3 is 11.9 Å². The first-order valence-electron chi connectivity index (χ1n) is 10.4. The fourth-order valence-electron chi connectivity index (χ4n) is 2.17. The van der Waals surface area contributed by atoms with Gasteiger partial charge in [0.15, 0.2) is 0 Å². The van der Waals surface area contributed by atoms with E-state index in [2.05, 4.69) is 26.8 Å². The molecule has 0 bridgehead atoms. The van der Waals surface area contributed by atoms with Crippen LogP contribution in [0.4, 0.5) is 0 Å². The number of carbonyl (C=O) groups is 2. The molecular weight excluding hydrogens is 356 g/mol. The fourth-order valence-corrected chi connectivity index (χ4v) is 2.17. The van der Waals surface area contributed by atoms with Gasteiger partial charge in [-0.05, 0) is 33.1 Å². The molecule has 0 saturated carbocycles. The minimum Gasteiger partial charge on any atom is -0.465 e. The van der Waals surface area contributed by atoms with E-state index in [1.807, 2.05) is 13.0 Å². The number of carbonyl (C=O) groups excluding carboxylic acids is 2. The number of allylic oxidation sites excluding steroid dienone is 2. The first kappa shape index (κ1) is 28.5. The van der Waals surface area contributed by atoms with Gasteiger partial charge in [0.2, 0.25) is 0 Å². The molecule has 0 aliphatic carbocycles. The molecule has 0 aliphatic rings. The lowest BCUT2D eigenvalue weighted by Gasteiger charge is -2.05. The zero-order valence-corrected chi connectivity index (χ0v) is 18.4. The molecule has 0 aromatic heterocycles. The molecule has 4 N–H and O–H groups in total. The van der Waals surface area contributed by atoms with Crippen LogP contribution in [0, 0.1) is 0 Å². The quantitative estimate of drug-likeness (QED) is 0.260. The van der Waals surface area contributed by atoms with Crippen molar-refractivity contribution in [2.24, 2.45) is 11.5 Å². The van der Waals surface area contributed by atoms with Crippen molar-refractivity contribution < 1.29 is 19.1 Å². The van der Waals surface area contributed by atoms with Crippen LogP contribution in [0.3, 0.4) is 0 Å². The van der Waals surface area contributed by atoms with Crippen molar-refractivity contribution in [1.82, 2.24) is 0 Å². The third kappa shape index (κ3) is 22.4. The number of hydrogen-bond acceptors (Lipinski definition) is 6. The van der Waals surface area contributed by atoms with Gasteiger partial charge in [0.05, 0.1) is 26.1 Å². The Bertz CT molecular complexity index is 459. The van der Waals surface area contributed by atoms with Crippen molar-refractivity contribution in [2.75, 3.05) is 26.3 Å². The lowest BCUT2D eigenvalue weighted by atomic mass is 10.1. The van der Waals surface area contributed by atoms with Gasteiger partial charge in [0.25, 0.3) is 0 Å². The van der Waals surface area contributed by atoms with Crippen molar-refractivity contribution in [3.63, 3.8) is 0 Å². The number of esters is 2. The SMILES string of the molecule is C/C(=C/CCOC(=O)CCN)CCOC(=O)CCN.CCC/C=C(/C)CCC. The Morgan fingerprint density at radius 1 is 0.714 bits per heavy atom. The summed E-state index contributed by atoms with van der Waals surface area (Å²) in [7, 11) is 0. The molecule has 0 heterocycles. The van der Waals surface area contributed by atoms with Gasteiger partial charge in [-0.2, -0.15) is 0 Å². The molecule has 0 unspecified atom stereocenters. The first-order valence-corrected chi connectivity index (χ1v) is 10.4. The van der Waals surface area contributed by atoms with Crippen LogP contribution in [0.2, 0.25) is 0 Å². The molecule has 0 aliphatic heterocycles. The molecular formula is C22H42N2O4. The molecule has 28 heavy (non-hydrogen) atoms. The summed E-state index contributed by atoms with van der Waals surface area (Å²) in [6.45, 7) is 9.93. The summed E-state index contributed by atoms with van der Waals surface area (Å²) in [6, 6.07) is 0. The maximum absolute atomic E-state index is 11.0. The number of hydrogen-bond donors (Lipinski definition) is 2. The van der Waals surface area contributed by atoms with Gasteiger partial charge in [0, 0.05) is 19.5 Å². The molecule has 0 spiro atoms. The van der Waals surface area contributed by atoms with Gasteiger partial charge in [-0.3, -0.25) is 9.59 Å². The summed E-state index contributed by atoms with van der Waals surface area (Å²) >= 11 is 0. The van der Waals surface area contributed by atoms with Crippen LogP contribution in [0.5, 0.6) is 0 Å². The van der Waals surface area contributed by atoms with Crippen molar-refractivity contribution in [1.29, 1.82) is 0 Å². The van der Waals surface area contributed by atoms with Gasteiger partial charge < -0.3 is 20.9 Å². The molecule has 0 saturated heterocycles. The van der Waals surface area contributed by atoms with Crippen LogP contribution in [-0.2, 0) is 19.1 Å². The van der Waals surface area contributed by atoms with Crippen molar-refractivity contribution in [3.05, 3.63) is 23.3 Å². The van der Waals surface area contributed by atoms with Crippen molar-refractivity contribution >= 4 is 11.9 Å². The van der Waals surface area contributed by atoms with Gasteiger partial charge in [-0.25, -0.2) is 0 Å². The van der Waals surface area contributed by atoms with E-state index >= 15 is 0 Å². The lowest BCUT2D eigenvalue weighted by molar-refractivity contribution is -0.144. The number of unbranched alkanes of at least 4 members (excludes halogenated alkanes) is 1. The molecule has 0 rings (SSSR count). The molecule has 6 heteroatoms. The average Bonchev–Trinajstić information content (AvgIpc) is 2.65. The van der Waals surface area contributed by atoms with E-state index in [1.54, 1.807) is 5.57 Å². The Morgan fingerprint density at radius 2 is 1.21 bits per heavy atom. The predicted octanol–water partition coefficient (Wildman–Crippen LogP) is 4.03. The van der Waals surface area contributed by atoms with Crippen molar-refractivity contribution in [3.8, 4) is 0 Å². The normalized spacial score (nSPS) is 11.5. The van der Waals surface area contributed by atoms with E-state index in [0.29, 0.717) is 39.1 Å². The van der Waals surface area contributed by atoms with Crippen LogP contribution in [0.1, 0.15) is 79.1 Å². The van der Waals surface area contributed by atoms with Gasteiger partial charge in [-0.1, -0.05) is 50.0 Å². The topological polar surface area (TPSA) is 105 Å². The molecule has 0 atom stereocenters. The highest BCUT2D eigenvalue weighted by atomic mass is 16.5. The number of nitrogens with two attached hydrogens (primary N) is 2. The summed E-state index contributed by atoms with van der Waals surface area (Å²) in [5, 5.41) is 0. The second-order valence-electron chi connectivity index (χ2n) is 6.70. The smallest absolute Gasteiger partial charge is 0.307 e. The minimum atomic E-state index is -0.274. The largest absolute Gasteiger partial charge is 0.465 e. The molecule has 6 nitrogen and oxygen atoms in total. The average molecular weight is 399 g/mol. The highest BCUT2D eigenvalue weighted by molar-refractivity contribution is 5.69. The van der Waals surface area contributed by atoms with E-state index in [0.717, 1.165) is 5.57 Å². The number of ether oxygens (including phenoxy) is 2. The van der Waals surface area contributed by atoms with Crippen LogP contribution in [0.15, 0.2) is 23.3 Å². The minimum absolute atomic E-state index is 0.250. The Hall–Kier alpha value is -1.66. The highest BCUT2D eigenvalue weighted by Crippen LogP contribution is 2.05. The maximum Gasteiger partial charge on any atom is 0.307 e. The Kier molecular flexibility index (Phi) is 22.1. The molecule has 0 fully saturated rings. The van der Waals surface area contributed by atoms with E-state index in [9.17, 15) is 9.59 Å². The third-order valence-electron chi connectivity index (χ3n) is 3.76. The summed E-state index contributed by atoms with van der Waals surface area (Å²) in [6.07, 6.45) is 11.2. The third-order valence-corrected chi connectivity index (χ3v) is 3.76. The highest BCUT2D eigenvalue weighted by Gasteiger charge is 2.01. The maximum atomic E-state index is 11.0. The Morgan fingerprint density at radius 3 is 1.71 bits per heavy atom. The molecule has 0 amide bonds. The summed E-state index contributed by atoms with van der Waals surface area (Å²) < 4.78 is 9.92. The first-order chi connectivity index (χ1) is 13.4. The standard InChI is InChI=1S/C13H24N2O4.C9H18/c1-11(6-10-19-13(17)5-8-15)3-2-9-18-12(16)4-7-14;1-4-6-8-9(3)7-5-2/h3H,2,4-10,14-15H2,1H3;8H,4-7H2,1-3H3/b11-3-;9-8-. The van der Waals surface area contributed by atoms with E-state index < -0.39 is 0 Å². The molecule has 0 radical (unpaired) electrons. The van der Waals surface area contributed by atoms with E-state index in [4.69, 9.17) is 20.9 Å².